The van der Waals surface area contributed by atoms with Gasteiger partial charge in [0.15, 0.2) is 0 Å². The van der Waals surface area contributed by atoms with Crippen molar-refractivity contribution >= 4 is 44.6 Å². The number of aromatic amines is 1. The molecule has 0 unspecified atom stereocenters. The molecule has 0 fully saturated rings. The summed E-state index contributed by atoms with van der Waals surface area (Å²) >= 11 is 0. The summed E-state index contributed by atoms with van der Waals surface area (Å²) in [4.78, 5) is 3.34. The van der Waals surface area contributed by atoms with Crippen LogP contribution in [-0.4, -0.2) is 4.98 Å². The maximum atomic E-state index is 3.34. The van der Waals surface area contributed by atoms with E-state index >= 15 is 0 Å². The third kappa shape index (κ3) is 2.33. The zero-order valence-corrected chi connectivity index (χ0v) is 13.7. The molecule has 5 aromatic rings. The van der Waals surface area contributed by atoms with E-state index in [4.69, 9.17) is 0 Å². The van der Waals surface area contributed by atoms with Crippen LogP contribution in [0.1, 0.15) is 11.1 Å². The van der Waals surface area contributed by atoms with Crippen LogP contribution in [0.5, 0.6) is 0 Å². The van der Waals surface area contributed by atoms with Gasteiger partial charge in [-0.2, -0.15) is 0 Å². The Bertz CT molecular complexity index is 1240. The van der Waals surface area contributed by atoms with Gasteiger partial charge in [0.05, 0.1) is 0 Å². The SMILES string of the molecule is C(=C\c1cc2ccccc2c2ccccc12)/c1c[nH]c2ccccc12. The van der Waals surface area contributed by atoms with E-state index in [9.17, 15) is 0 Å². The summed E-state index contributed by atoms with van der Waals surface area (Å²) < 4.78 is 0. The number of nitrogens with one attached hydrogen (secondary N) is 1. The first-order valence-electron chi connectivity index (χ1n) is 8.55. The Morgan fingerprint density at radius 3 is 2.08 bits per heavy atom. The molecule has 118 valence electrons. The van der Waals surface area contributed by atoms with Crippen molar-refractivity contribution in [1.82, 2.24) is 4.98 Å². The Balaban J connectivity index is 1.71. The van der Waals surface area contributed by atoms with Crippen molar-refractivity contribution in [2.75, 3.05) is 0 Å². The lowest BCUT2D eigenvalue weighted by atomic mass is 9.96. The Hall–Kier alpha value is -3.32. The van der Waals surface area contributed by atoms with Gasteiger partial charge >= 0.3 is 0 Å². The summed E-state index contributed by atoms with van der Waals surface area (Å²) in [6.45, 7) is 0. The fourth-order valence-corrected chi connectivity index (χ4v) is 3.63. The van der Waals surface area contributed by atoms with Crippen molar-refractivity contribution < 1.29 is 0 Å². The van der Waals surface area contributed by atoms with Crippen LogP contribution < -0.4 is 0 Å². The maximum absolute atomic E-state index is 3.34. The molecule has 5 rings (SSSR count). The fourth-order valence-electron chi connectivity index (χ4n) is 3.63. The Labute approximate surface area is 146 Å². The number of hydrogen-bond acceptors (Lipinski definition) is 0. The smallest absolute Gasteiger partial charge is 0.0460 e. The molecular weight excluding hydrogens is 302 g/mol. The summed E-state index contributed by atoms with van der Waals surface area (Å²) in [5.41, 5.74) is 3.64. The predicted octanol–water partition coefficient (Wildman–Crippen LogP) is 6.64. The number of para-hydroxylation sites is 1. The van der Waals surface area contributed by atoms with Crippen molar-refractivity contribution in [2.45, 2.75) is 0 Å². The molecule has 0 spiro atoms. The third-order valence-electron chi connectivity index (χ3n) is 4.86. The van der Waals surface area contributed by atoms with E-state index in [0.717, 1.165) is 0 Å². The summed E-state index contributed by atoms with van der Waals surface area (Å²) in [5, 5.41) is 6.43. The molecule has 0 radical (unpaired) electrons. The minimum Gasteiger partial charge on any atom is -0.361 e. The molecule has 1 heteroatoms. The van der Waals surface area contributed by atoms with Gasteiger partial charge in [0.25, 0.3) is 0 Å². The first-order chi connectivity index (χ1) is 12.4. The topological polar surface area (TPSA) is 15.8 Å². The van der Waals surface area contributed by atoms with E-state index in [1.54, 1.807) is 0 Å². The van der Waals surface area contributed by atoms with Gasteiger partial charge in [-0.1, -0.05) is 78.9 Å². The maximum Gasteiger partial charge on any atom is 0.0460 e. The highest BCUT2D eigenvalue weighted by Gasteiger charge is 2.04. The van der Waals surface area contributed by atoms with E-state index in [-0.39, 0.29) is 0 Å². The van der Waals surface area contributed by atoms with Gasteiger partial charge in [-0.05, 0) is 44.8 Å². The molecule has 25 heavy (non-hydrogen) atoms. The summed E-state index contributed by atoms with van der Waals surface area (Å²) in [6, 6.07) is 27.9. The number of aromatic nitrogens is 1. The molecular formula is C24H17N. The lowest BCUT2D eigenvalue weighted by Crippen LogP contribution is -1.82. The summed E-state index contributed by atoms with van der Waals surface area (Å²) in [6.07, 6.45) is 6.50. The van der Waals surface area contributed by atoms with Crippen LogP contribution in [0, 0.1) is 0 Å². The number of fused-ring (bicyclic) bond motifs is 4. The van der Waals surface area contributed by atoms with Gasteiger partial charge in [-0.15, -0.1) is 0 Å². The van der Waals surface area contributed by atoms with E-state index in [2.05, 4.69) is 102 Å². The molecule has 0 saturated heterocycles. The largest absolute Gasteiger partial charge is 0.361 e. The molecule has 0 bridgehead atoms. The quantitative estimate of drug-likeness (QED) is 0.351. The molecule has 0 aliphatic heterocycles. The van der Waals surface area contributed by atoms with Gasteiger partial charge in [-0.25, -0.2) is 0 Å². The molecule has 0 atom stereocenters. The van der Waals surface area contributed by atoms with Crippen LogP contribution in [0.4, 0.5) is 0 Å². The second-order valence-corrected chi connectivity index (χ2v) is 6.36. The fraction of sp³-hybridized carbons (Fsp3) is 0. The van der Waals surface area contributed by atoms with Crippen molar-refractivity contribution in [3.05, 3.63) is 96.2 Å². The number of benzene rings is 4. The zero-order chi connectivity index (χ0) is 16.6. The van der Waals surface area contributed by atoms with Crippen molar-refractivity contribution in [1.29, 1.82) is 0 Å². The molecule has 1 nitrogen and oxygen atoms in total. The second kappa shape index (κ2) is 5.64. The molecule has 0 saturated carbocycles. The van der Waals surface area contributed by atoms with Crippen molar-refractivity contribution in [3.8, 4) is 0 Å². The van der Waals surface area contributed by atoms with Crippen LogP contribution in [0.2, 0.25) is 0 Å². The molecule has 1 N–H and O–H groups in total. The van der Waals surface area contributed by atoms with Gasteiger partial charge in [0.1, 0.15) is 0 Å². The predicted molar refractivity (Wildman–Crippen MR) is 109 cm³/mol. The average Bonchev–Trinajstić information content (AvgIpc) is 3.09. The van der Waals surface area contributed by atoms with E-state index < -0.39 is 0 Å². The highest BCUT2D eigenvalue weighted by molar-refractivity contribution is 6.11. The molecule has 0 aliphatic rings. The Morgan fingerprint density at radius 1 is 0.560 bits per heavy atom. The number of hydrogen-bond donors (Lipinski definition) is 1. The Kier molecular flexibility index (Phi) is 3.17. The summed E-state index contributed by atoms with van der Waals surface area (Å²) in [7, 11) is 0. The van der Waals surface area contributed by atoms with Crippen LogP contribution in [-0.2, 0) is 0 Å². The zero-order valence-electron chi connectivity index (χ0n) is 13.7. The van der Waals surface area contributed by atoms with E-state index in [1.807, 2.05) is 0 Å². The van der Waals surface area contributed by atoms with Crippen molar-refractivity contribution in [2.24, 2.45) is 0 Å². The molecule has 0 aliphatic carbocycles. The Morgan fingerprint density at radius 2 is 1.20 bits per heavy atom. The van der Waals surface area contributed by atoms with Crippen LogP contribution >= 0.6 is 0 Å². The van der Waals surface area contributed by atoms with E-state index in [0.29, 0.717) is 0 Å². The summed E-state index contributed by atoms with van der Waals surface area (Å²) in [5.74, 6) is 0. The molecule has 4 aromatic carbocycles. The first-order valence-corrected chi connectivity index (χ1v) is 8.55. The van der Waals surface area contributed by atoms with Gasteiger partial charge in [0, 0.05) is 17.1 Å². The van der Waals surface area contributed by atoms with Gasteiger partial charge < -0.3 is 4.98 Å². The number of rotatable bonds is 2. The lowest BCUT2D eigenvalue weighted by Gasteiger charge is -2.07. The highest BCUT2D eigenvalue weighted by atomic mass is 14.7. The second-order valence-electron chi connectivity index (χ2n) is 6.36. The van der Waals surface area contributed by atoms with Crippen LogP contribution in [0.3, 0.4) is 0 Å². The van der Waals surface area contributed by atoms with Crippen LogP contribution in [0.15, 0.2) is 85.1 Å². The number of H-pyrrole nitrogens is 1. The molecule has 0 amide bonds. The normalized spacial score (nSPS) is 11.8. The average molecular weight is 319 g/mol. The third-order valence-corrected chi connectivity index (χ3v) is 4.86. The standard InChI is InChI=1S/C24H17N/c1-2-8-20-17(7-1)15-18(21-9-3-4-11-23(20)21)13-14-19-16-25-24-12-6-5-10-22(19)24/h1-16,25H/b14-13+. The molecule has 1 aromatic heterocycles. The minimum atomic E-state index is 1.17. The minimum absolute atomic E-state index is 1.17. The first kappa shape index (κ1) is 14.1. The van der Waals surface area contributed by atoms with Crippen molar-refractivity contribution in [3.63, 3.8) is 0 Å². The lowest BCUT2D eigenvalue weighted by molar-refractivity contribution is 1.47. The van der Waals surface area contributed by atoms with E-state index in [1.165, 1.54) is 43.6 Å². The van der Waals surface area contributed by atoms with Gasteiger partial charge in [-0.3, -0.25) is 0 Å². The molecule has 1 heterocycles. The highest BCUT2D eigenvalue weighted by Crippen LogP contribution is 2.30. The van der Waals surface area contributed by atoms with Crippen LogP contribution in [0.25, 0.3) is 44.6 Å². The monoisotopic (exact) mass is 319 g/mol. The van der Waals surface area contributed by atoms with Gasteiger partial charge in [0.2, 0.25) is 0 Å².